The molecule has 1 aliphatic carbocycles. The van der Waals surface area contributed by atoms with E-state index in [4.69, 9.17) is 5.73 Å². The number of rotatable bonds is 4. The van der Waals surface area contributed by atoms with Gasteiger partial charge in [-0.15, -0.1) is 0 Å². The Hall–Kier alpha value is -1.42. The van der Waals surface area contributed by atoms with Gasteiger partial charge in [-0.25, -0.2) is 4.39 Å². The summed E-state index contributed by atoms with van der Waals surface area (Å²) in [6.07, 6.45) is 2.84. The van der Waals surface area contributed by atoms with Crippen LogP contribution in [0.5, 0.6) is 0 Å². The average molecular weight is 264 g/mol. The van der Waals surface area contributed by atoms with Crippen molar-refractivity contribution in [2.45, 2.75) is 32.7 Å². The maximum atomic E-state index is 13.2. The number of benzene rings is 1. The van der Waals surface area contributed by atoms with E-state index < -0.39 is 0 Å². The van der Waals surface area contributed by atoms with Gasteiger partial charge in [0.25, 0.3) is 0 Å². The van der Waals surface area contributed by atoms with Crippen LogP contribution < -0.4 is 5.73 Å². The van der Waals surface area contributed by atoms with Crippen molar-refractivity contribution < 1.29 is 9.18 Å². The predicted molar refractivity (Wildman–Crippen MR) is 72.9 cm³/mol. The third-order valence-electron chi connectivity index (χ3n) is 4.14. The summed E-state index contributed by atoms with van der Waals surface area (Å²) in [6, 6.07) is 4.96. The highest BCUT2D eigenvalue weighted by atomic mass is 19.1. The zero-order valence-corrected chi connectivity index (χ0v) is 11.6. The molecule has 4 heteroatoms. The summed E-state index contributed by atoms with van der Waals surface area (Å²) >= 11 is 0. The highest BCUT2D eigenvalue weighted by molar-refractivity contribution is 5.83. The molecule has 1 aliphatic rings. The van der Waals surface area contributed by atoms with Crippen LogP contribution in [0.3, 0.4) is 0 Å². The summed E-state index contributed by atoms with van der Waals surface area (Å²) in [5.74, 6) is -0.0987. The highest BCUT2D eigenvalue weighted by Gasteiger charge is 2.44. The lowest BCUT2D eigenvalue weighted by Gasteiger charge is -2.41. The van der Waals surface area contributed by atoms with Gasteiger partial charge in [-0.2, -0.15) is 0 Å². The molecule has 104 valence electrons. The first kappa shape index (κ1) is 14.0. The highest BCUT2D eigenvalue weighted by Crippen LogP contribution is 2.41. The minimum atomic E-state index is -0.343. The molecule has 1 saturated carbocycles. The van der Waals surface area contributed by atoms with Crippen LogP contribution in [0.25, 0.3) is 0 Å². The van der Waals surface area contributed by atoms with Gasteiger partial charge in [-0.3, -0.25) is 4.79 Å². The van der Waals surface area contributed by atoms with E-state index in [1.165, 1.54) is 6.07 Å². The topological polar surface area (TPSA) is 46.3 Å². The fourth-order valence-corrected chi connectivity index (χ4v) is 2.66. The second-order valence-electron chi connectivity index (χ2n) is 5.58. The fourth-order valence-electron chi connectivity index (χ4n) is 2.66. The maximum Gasteiger partial charge on any atom is 0.230 e. The van der Waals surface area contributed by atoms with Crippen LogP contribution in [0.15, 0.2) is 18.2 Å². The molecule has 1 fully saturated rings. The molecule has 0 heterocycles. The van der Waals surface area contributed by atoms with E-state index >= 15 is 0 Å². The Morgan fingerprint density at radius 3 is 2.63 bits per heavy atom. The van der Waals surface area contributed by atoms with E-state index in [-0.39, 0.29) is 17.1 Å². The van der Waals surface area contributed by atoms with Gasteiger partial charge in [0.05, 0.1) is 5.41 Å². The minimum absolute atomic E-state index is 0.114. The molecule has 0 aliphatic heterocycles. The first-order valence-corrected chi connectivity index (χ1v) is 6.69. The van der Waals surface area contributed by atoms with Crippen molar-refractivity contribution in [1.29, 1.82) is 0 Å². The number of nitrogens with two attached hydrogens (primary N) is 1. The Labute approximate surface area is 113 Å². The number of aryl methyl sites for hydroxylation is 1. The Kier molecular flexibility index (Phi) is 3.90. The Bertz CT molecular complexity index is 478. The molecule has 0 spiro atoms. The van der Waals surface area contributed by atoms with Crippen LogP contribution in [0, 0.1) is 18.2 Å². The van der Waals surface area contributed by atoms with Crippen LogP contribution >= 0.6 is 0 Å². The van der Waals surface area contributed by atoms with Crippen molar-refractivity contribution in [3.05, 3.63) is 35.1 Å². The zero-order valence-electron chi connectivity index (χ0n) is 11.6. The standard InChI is InChI=1S/C15H21FN2O/c1-11-8-12(4-5-13(11)16)9-18(2)14(19)15(10-17)6-3-7-15/h4-5,8H,3,6-7,9-10,17H2,1-2H3. The van der Waals surface area contributed by atoms with E-state index in [1.807, 2.05) is 0 Å². The summed E-state index contributed by atoms with van der Waals surface area (Å²) in [6.45, 7) is 2.65. The van der Waals surface area contributed by atoms with Gasteiger partial charge >= 0.3 is 0 Å². The van der Waals surface area contributed by atoms with Crippen molar-refractivity contribution in [2.75, 3.05) is 13.6 Å². The number of halogens is 1. The van der Waals surface area contributed by atoms with Crippen LogP contribution in [0.1, 0.15) is 30.4 Å². The summed E-state index contributed by atoms with van der Waals surface area (Å²) in [4.78, 5) is 14.1. The number of carbonyl (C=O) groups is 1. The molecule has 1 aromatic rings. The second-order valence-corrected chi connectivity index (χ2v) is 5.58. The van der Waals surface area contributed by atoms with Gasteiger partial charge in [0.15, 0.2) is 0 Å². The molecule has 0 radical (unpaired) electrons. The largest absolute Gasteiger partial charge is 0.341 e. The van der Waals surface area contributed by atoms with Crippen LogP contribution in [0.4, 0.5) is 4.39 Å². The van der Waals surface area contributed by atoms with E-state index in [0.717, 1.165) is 24.8 Å². The van der Waals surface area contributed by atoms with Crippen LogP contribution in [-0.2, 0) is 11.3 Å². The molecule has 1 aromatic carbocycles. The SMILES string of the molecule is Cc1cc(CN(C)C(=O)C2(CN)CCC2)ccc1F. The van der Waals surface area contributed by atoms with Gasteiger partial charge in [-0.1, -0.05) is 18.6 Å². The molecule has 2 rings (SSSR count). The average Bonchev–Trinajstić information content (AvgIpc) is 2.33. The summed E-state index contributed by atoms with van der Waals surface area (Å²) in [5, 5.41) is 0. The maximum absolute atomic E-state index is 13.2. The Morgan fingerprint density at radius 1 is 1.47 bits per heavy atom. The lowest BCUT2D eigenvalue weighted by Crippen LogP contribution is -2.50. The normalized spacial score (nSPS) is 16.8. The molecular formula is C15H21FN2O. The molecule has 0 atom stereocenters. The van der Waals surface area contributed by atoms with Gasteiger partial charge in [0.2, 0.25) is 5.91 Å². The van der Waals surface area contributed by atoms with Gasteiger partial charge in [0.1, 0.15) is 5.82 Å². The zero-order chi connectivity index (χ0) is 14.0. The van der Waals surface area contributed by atoms with Crippen molar-refractivity contribution in [3.63, 3.8) is 0 Å². The molecule has 0 aromatic heterocycles. The summed E-state index contributed by atoms with van der Waals surface area (Å²) in [7, 11) is 1.79. The molecule has 0 bridgehead atoms. The van der Waals surface area contributed by atoms with Gasteiger partial charge in [0, 0.05) is 20.1 Å². The molecule has 1 amide bonds. The lowest BCUT2D eigenvalue weighted by molar-refractivity contribution is -0.145. The predicted octanol–water partition coefficient (Wildman–Crippen LogP) is 2.22. The number of carbonyl (C=O) groups excluding carboxylic acids is 1. The van der Waals surface area contributed by atoms with Crippen molar-refractivity contribution in [3.8, 4) is 0 Å². The van der Waals surface area contributed by atoms with E-state index in [0.29, 0.717) is 18.7 Å². The molecular weight excluding hydrogens is 243 g/mol. The number of amides is 1. The molecule has 3 nitrogen and oxygen atoms in total. The van der Waals surface area contributed by atoms with E-state index in [9.17, 15) is 9.18 Å². The third-order valence-corrected chi connectivity index (χ3v) is 4.14. The molecule has 19 heavy (non-hydrogen) atoms. The molecule has 2 N–H and O–H groups in total. The smallest absolute Gasteiger partial charge is 0.230 e. The van der Waals surface area contributed by atoms with Crippen molar-refractivity contribution in [1.82, 2.24) is 4.90 Å². The molecule has 0 unspecified atom stereocenters. The number of hydrogen-bond donors (Lipinski definition) is 1. The second kappa shape index (κ2) is 5.29. The Morgan fingerprint density at radius 2 is 2.16 bits per heavy atom. The fraction of sp³-hybridized carbons (Fsp3) is 0.533. The Balaban J connectivity index is 2.06. The van der Waals surface area contributed by atoms with Crippen molar-refractivity contribution >= 4 is 5.91 Å². The van der Waals surface area contributed by atoms with E-state index in [2.05, 4.69) is 0 Å². The van der Waals surface area contributed by atoms with Crippen molar-refractivity contribution in [2.24, 2.45) is 11.1 Å². The number of hydrogen-bond acceptors (Lipinski definition) is 2. The monoisotopic (exact) mass is 264 g/mol. The minimum Gasteiger partial charge on any atom is -0.341 e. The quantitative estimate of drug-likeness (QED) is 0.906. The van der Waals surface area contributed by atoms with Crippen LogP contribution in [-0.4, -0.2) is 24.4 Å². The first-order chi connectivity index (χ1) is 8.98. The molecule has 0 saturated heterocycles. The van der Waals surface area contributed by atoms with Gasteiger partial charge < -0.3 is 10.6 Å². The first-order valence-electron chi connectivity index (χ1n) is 6.69. The number of nitrogens with zero attached hydrogens (tertiary/aromatic N) is 1. The summed E-state index contributed by atoms with van der Waals surface area (Å²) < 4.78 is 13.2. The summed E-state index contributed by atoms with van der Waals surface area (Å²) in [5.41, 5.74) is 6.96. The van der Waals surface area contributed by atoms with Gasteiger partial charge in [-0.05, 0) is 37.0 Å². The van der Waals surface area contributed by atoms with Crippen LogP contribution in [0.2, 0.25) is 0 Å². The third kappa shape index (κ3) is 2.63. The lowest BCUT2D eigenvalue weighted by atomic mass is 9.68. The van der Waals surface area contributed by atoms with E-state index in [1.54, 1.807) is 31.0 Å².